The van der Waals surface area contributed by atoms with Crippen LogP contribution in [0.3, 0.4) is 0 Å². The lowest BCUT2D eigenvalue weighted by atomic mass is 10.2. The van der Waals surface area contributed by atoms with Gasteiger partial charge in [0.1, 0.15) is 0 Å². The number of nitrogens with zero attached hydrogens (tertiary/aromatic N) is 3. The van der Waals surface area contributed by atoms with Gasteiger partial charge in [-0.15, -0.1) is 16.8 Å². The number of thioether (sulfide) groups is 1. The van der Waals surface area contributed by atoms with Gasteiger partial charge in [0.05, 0.1) is 0 Å². The van der Waals surface area contributed by atoms with Crippen LogP contribution in [-0.2, 0) is 0 Å². The molecule has 0 atom stereocenters. The maximum Gasteiger partial charge on any atom is 0.210 e. The monoisotopic (exact) mass is 266 g/mol. The molecule has 2 aromatic rings. The van der Waals surface area contributed by atoms with Crippen LogP contribution in [0.1, 0.15) is 0 Å². The van der Waals surface area contributed by atoms with Gasteiger partial charge in [-0.3, -0.25) is 0 Å². The number of nitrogens with two attached hydrogens (primary N) is 1. The summed E-state index contributed by atoms with van der Waals surface area (Å²) in [6.07, 6.45) is 1.79. The Balaban J connectivity index is 2.33. The second kappa shape index (κ2) is 5.25. The average molecular weight is 267 g/mol. The molecule has 1 aromatic carbocycles. The lowest BCUT2D eigenvalue weighted by molar-refractivity contribution is 0.851. The molecule has 0 amide bonds. The summed E-state index contributed by atoms with van der Waals surface area (Å²) in [7, 11) is 0. The van der Waals surface area contributed by atoms with Crippen molar-refractivity contribution in [3.63, 3.8) is 0 Å². The zero-order valence-electron chi connectivity index (χ0n) is 9.01. The molecule has 0 spiro atoms. The fourth-order valence-electron chi connectivity index (χ4n) is 1.33. The third-order valence-electron chi connectivity index (χ3n) is 2.08. The normalized spacial score (nSPS) is 10.4. The Kier molecular flexibility index (Phi) is 3.71. The zero-order valence-corrected chi connectivity index (χ0v) is 10.6. The van der Waals surface area contributed by atoms with Gasteiger partial charge < -0.3 is 5.84 Å². The van der Waals surface area contributed by atoms with E-state index in [-0.39, 0.29) is 0 Å². The summed E-state index contributed by atoms with van der Waals surface area (Å²) in [5.74, 6) is 7.26. The molecule has 0 saturated carbocycles. The number of hydrogen-bond acceptors (Lipinski definition) is 4. The van der Waals surface area contributed by atoms with Crippen molar-refractivity contribution >= 4 is 23.4 Å². The van der Waals surface area contributed by atoms with Crippen LogP contribution < -0.4 is 5.84 Å². The second-order valence-corrected chi connectivity index (χ2v) is 4.71. The van der Waals surface area contributed by atoms with Crippen molar-refractivity contribution in [2.45, 2.75) is 5.16 Å². The van der Waals surface area contributed by atoms with Crippen molar-refractivity contribution < 1.29 is 0 Å². The van der Waals surface area contributed by atoms with Gasteiger partial charge in [-0.05, 0) is 12.1 Å². The Hall–Kier alpha value is -1.46. The highest BCUT2D eigenvalue weighted by atomic mass is 35.5. The first-order valence-electron chi connectivity index (χ1n) is 4.92. The molecule has 2 N–H and O–H groups in total. The topological polar surface area (TPSA) is 56.7 Å². The molecule has 0 aliphatic rings. The summed E-state index contributed by atoms with van der Waals surface area (Å²) >= 11 is 7.40. The van der Waals surface area contributed by atoms with Crippen LogP contribution in [0.2, 0.25) is 5.02 Å². The summed E-state index contributed by atoms with van der Waals surface area (Å²) in [6.45, 7) is 3.65. The highest BCUT2D eigenvalue weighted by Gasteiger charge is 2.11. The van der Waals surface area contributed by atoms with E-state index >= 15 is 0 Å². The number of aromatic nitrogens is 3. The van der Waals surface area contributed by atoms with Gasteiger partial charge in [0, 0.05) is 16.3 Å². The van der Waals surface area contributed by atoms with Crippen molar-refractivity contribution in [3.05, 3.63) is 41.9 Å². The summed E-state index contributed by atoms with van der Waals surface area (Å²) in [6, 6.07) is 7.34. The van der Waals surface area contributed by atoms with Gasteiger partial charge in [0.25, 0.3) is 0 Å². The van der Waals surface area contributed by atoms with Crippen molar-refractivity contribution in [1.82, 2.24) is 14.9 Å². The third-order valence-corrected chi connectivity index (χ3v) is 3.25. The Morgan fingerprint density at radius 2 is 2.29 bits per heavy atom. The number of hydrogen-bond donors (Lipinski definition) is 1. The Labute approximate surface area is 108 Å². The summed E-state index contributed by atoms with van der Waals surface area (Å²) in [5.41, 5.74) is 0.845. The third kappa shape index (κ3) is 2.62. The fourth-order valence-corrected chi connectivity index (χ4v) is 2.11. The van der Waals surface area contributed by atoms with Crippen molar-refractivity contribution in [3.8, 4) is 11.4 Å². The molecular formula is C11H11ClN4S. The lowest BCUT2D eigenvalue weighted by Crippen LogP contribution is -2.11. The highest BCUT2D eigenvalue weighted by Crippen LogP contribution is 2.23. The Morgan fingerprint density at radius 1 is 1.47 bits per heavy atom. The van der Waals surface area contributed by atoms with E-state index in [1.54, 1.807) is 18.2 Å². The van der Waals surface area contributed by atoms with Crippen LogP contribution in [0.25, 0.3) is 11.4 Å². The van der Waals surface area contributed by atoms with E-state index in [0.717, 1.165) is 11.3 Å². The van der Waals surface area contributed by atoms with Gasteiger partial charge in [-0.1, -0.05) is 41.6 Å². The molecule has 6 heteroatoms. The minimum Gasteiger partial charge on any atom is -0.335 e. The Morgan fingerprint density at radius 3 is 3.00 bits per heavy atom. The van der Waals surface area contributed by atoms with E-state index in [9.17, 15) is 0 Å². The molecule has 1 heterocycles. The SMILES string of the molecule is C=CCSc1nnc(-c2cccc(Cl)c2)n1N. The summed E-state index contributed by atoms with van der Waals surface area (Å²) < 4.78 is 1.46. The van der Waals surface area contributed by atoms with Gasteiger partial charge in [-0.2, -0.15) is 0 Å². The number of nitrogen functional groups attached to an aromatic ring is 1. The maximum absolute atomic E-state index is 5.92. The van der Waals surface area contributed by atoms with E-state index < -0.39 is 0 Å². The van der Waals surface area contributed by atoms with Crippen molar-refractivity contribution in [2.75, 3.05) is 11.6 Å². The first kappa shape index (κ1) is 12.0. The maximum atomic E-state index is 5.92. The largest absolute Gasteiger partial charge is 0.335 e. The van der Waals surface area contributed by atoms with Crippen molar-refractivity contribution in [1.29, 1.82) is 0 Å². The van der Waals surface area contributed by atoms with Crippen LogP contribution in [0, 0.1) is 0 Å². The van der Waals surface area contributed by atoms with Crippen LogP contribution in [-0.4, -0.2) is 20.6 Å². The van der Waals surface area contributed by atoms with Crippen LogP contribution >= 0.6 is 23.4 Å². The fraction of sp³-hybridized carbons (Fsp3) is 0.0909. The molecule has 0 fully saturated rings. The molecule has 0 bridgehead atoms. The number of benzene rings is 1. The molecule has 0 aliphatic carbocycles. The van der Waals surface area contributed by atoms with Gasteiger partial charge >= 0.3 is 0 Å². The lowest BCUT2D eigenvalue weighted by Gasteiger charge is -2.02. The number of halogens is 1. The molecule has 2 rings (SSSR count). The van der Waals surface area contributed by atoms with Crippen LogP contribution in [0.5, 0.6) is 0 Å². The summed E-state index contributed by atoms with van der Waals surface area (Å²) in [4.78, 5) is 0. The molecule has 4 nitrogen and oxygen atoms in total. The summed E-state index contributed by atoms with van der Waals surface area (Å²) in [5, 5.41) is 9.37. The minimum absolute atomic E-state index is 0.596. The quantitative estimate of drug-likeness (QED) is 0.525. The Bertz CT molecular complexity index is 538. The first-order valence-corrected chi connectivity index (χ1v) is 6.29. The average Bonchev–Trinajstić information content (AvgIpc) is 2.68. The van der Waals surface area contributed by atoms with Gasteiger partial charge in [0.15, 0.2) is 5.82 Å². The standard InChI is InChI=1S/C11H11ClN4S/c1-2-6-17-11-15-14-10(16(11)13)8-4-3-5-9(12)7-8/h2-5,7H,1,6,13H2. The molecule has 1 aromatic heterocycles. The molecule has 0 unspecified atom stereocenters. The van der Waals surface area contributed by atoms with Gasteiger partial charge in [-0.25, -0.2) is 4.68 Å². The predicted molar refractivity (Wildman–Crippen MR) is 71.5 cm³/mol. The van der Waals surface area contributed by atoms with Gasteiger partial charge in [0.2, 0.25) is 5.16 Å². The van der Waals surface area contributed by atoms with E-state index in [2.05, 4.69) is 16.8 Å². The van der Waals surface area contributed by atoms with E-state index in [4.69, 9.17) is 17.4 Å². The van der Waals surface area contributed by atoms with E-state index in [1.165, 1.54) is 16.4 Å². The highest BCUT2D eigenvalue weighted by molar-refractivity contribution is 7.99. The minimum atomic E-state index is 0.596. The molecule has 88 valence electrons. The van der Waals surface area contributed by atoms with Crippen LogP contribution in [0.15, 0.2) is 42.1 Å². The first-order chi connectivity index (χ1) is 8.22. The molecular weight excluding hydrogens is 256 g/mol. The van der Waals surface area contributed by atoms with Crippen molar-refractivity contribution in [2.24, 2.45) is 0 Å². The molecule has 0 aliphatic heterocycles. The smallest absolute Gasteiger partial charge is 0.210 e. The predicted octanol–water partition coefficient (Wildman–Crippen LogP) is 2.59. The number of rotatable bonds is 4. The van der Waals surface area contributed by atoms with Crippen LogP contribution in [0.4, 0.5) is 0 Å². The van der Waals surface area contributed by atoms with E-state index in [1.807, 2.05) is 12.1 Å². The zero-order chi connectivity index (χ0) is 12.3. The van der Waals surface area contributed by atoms with E-state index in [0.29, 0.717) is 16.0 Å². The molecule has 0 saturated heterocycles. The second-order valence-electron chi connectivity index (χ2n) is 3.29. The molecule has 0 radical (unpaired) electrons. The molecule has 17 heavy (non-hydrogen) atoms.